The van der Waals surface area contributed by atoms with E-state index in [1.807, 2.05) is 13.8 Å². The molecule has 0 aromatic heterocycles. The smallest absolute Gasteiger partial charge is 0.235 e. The van der Waals surface area contributed by atoms with Gasteiger partial charge in [0.2, 0.25) is 10.0 Å². The Hall–Kier alpha value is -1.38. The van der Waals surface area contributed by atoms with Crippen molar-refractivity contribution < 1.29 is 17.9 Å². The van der Waals surface area contributed by atoms with Crippen LogP contribution in [-0.4, -0.2) is 38.5 Å². The average Bonchev–Trinajstić information content (AvgIpc) is 2.36. The van der Waals surface area contributed by atoms with E-state index in [1.165, 1.54) is 0 Å². The summed E-state index contributed by atoms with van der Waals surface area (Å²) in [6.07, 6.45) is -0.0126. The molecule has 0 spiro atoms. The molecule has 3 N–H and O–H groups in total. The van der Waals surface area contributed by atoms with Crippen LogP contribution in [0.1, 0.15) is 13.8 Å². The lowest BCUT2D eigenvalue weighted by Crippen LogP contribution is -2.22. The van der Waals surface area contributed by atoms with Crippen LogP contribution in [0.2, 0.25) is 0 Å². The summed E-state index contributed by atoms with van der Waals surface area (Å²) in [5, 5.41) is 0. The molecule has 0 heterocycles. The van der Waals surface area contributed by atoms with Crippen LogP contribution in [0, 0.1) is 0 Å². The first kappa shape index (κ1) is 17.7. The number of para-hydroxylation sites is 2. The van der Waals surface area contributed by atoms with Crippen LogP contribution >= 0.6 is 12.2 Å². The monoisotopic (exact) mass is 332 g/mol. The lowest BCUT2D eigenvalue weighted by Gasteiger charge is -2.13. The highest BCUT2D eigenvalue weighted by Crippen LogP contribution is 2.24. The van der Waals surface area contributed by atoms with E-state index in [0.29, 0.717) is 11.4 Å². The molecule has 1 aromatic carbocycles. The molecule has 0 fully saturated rings. The molecule has 0 aliphatic carbocycles. The molecule has 0 unspecified atom stereocenters. The van der Waals surface area contributed by atoms with E-state index < -0.39 is 10.0 Å². The molecule has 8 heteroatoms. The number of benzene rings is 1. The van der Waals surface area contributed by atoms with Crippen molar-refractivity contribution in [3.05, 3.63) is 24.3 Å². The lowest BCUT2D eigenvalue weighted by molar-refractivity contribution is 0.0913. The maximum absolute atomic E-state index is 12.0. The molecular formula is C13H20N2O4S2. The van der Waals surface area contributed by atoms with E-state index in [2.05, 4.69) is 4.72 Å². The number of rotatable bonds is 9. The van der Waals surface area contributed by atoms with Crippen molar-refractivity contribution in [2.45, 2.75) is 20.0 Å². The first-order valence-electron chi connectivity index (χ1n) is 6.42. The lowest BCUT2D eigenvalue weighted by atomic mass is 10.3. The summed E-state index contributed by atoms with van der Waals surface area (Å²) in [7, 11) is -3.51. The fourth-order valence-corrected chi connectivity index (χ4v) is 2.42. The SMILES string of the molecule is CC(C)OCCS(=O)(=O)Nc1ccccc1OCC(N)=S. The van der Waals surface area contributed by atoms with Crippen LogP contribution in [0.15, 0.2) is 24.3 Å². The average molecular weight is 332 g/mol. The summed E-state index contributed by atoms with van der Waals surface area (Å²) in [6.45, 7) is 3.87. The maximum atomic E-state index is 12.0. The Morgan fingerprint density at radius 2 is 2.05 bits per heavy atom. The van der Waals surface area contributed by atoms with Crippen LogP contribution in [0.3, 0.4) is 0 Å². The molecule has 21 heavy (non-hydrogen) atoms. The molecular weight excluding hydrogens is 312 g/mol. The van der Waals surface area contributed by atoms with Gasteiger partial charge in [-0.25, -0.2) is 8.42 Å². The third-order valence-electron chi connectivity index (χ3n) is 2.33. The third-order valence-corrected chi connectivity index (χ3v) is 3.68. The Morgan fingerprint density at radius 3 is 2.67 bits per heavy atom. The van der Waals surface area contributed by atoms with Gasteiger partial charge in [0.25, 0.3) is 0 Å². The van der Waals surface area contributed by atoms with Gasteiger partial charge in [-0.2, -0.15) is 0 Å². The zero-order chi connectivity index (χ0) is 15.9. The standard InChI is InChI=1S/C13H20N2O4S2/c1-10(2)18-7-8-21(16,17)15-11-5-3-4-6-12(11)19-9-13(14)20/h3-6,10,15H,7-9H2,1-2H3,(H2,14,20). The largest absolute Gasteiger partial charge is 0.484 e. The summed E-state index contributed by atoms with van der Waals surface area (Å²) >= 11 is 4.73. The quantitative estimate of drug-likeness (QED) is 0.666. The number of hydrogen-bond acceptors (Lipinski definition) is 5. The minimum absolute atomic E-state index is 0.0126. The van der Waals surface area contributed by atoms with E-state index >= 15 is 0 Å². The van der Waals surface area contributed by atoms with Crippen LogP contribution in [0.4, 0.5) is 5.69 Å². The van der Waals surface area contributed by atoms with Crippen molar-refractivity contribution in [2.24, 2.45) is 5.73 Å². The van der Waals surface area contributed by atoms with E-state index in [-0.39, 0.29) is 30.1 Å². The van der Waals surface area contributed by atoms with Gasteiger partial charge in [-0.3, -0.25) is 4.72 Å². The van der Waals surface area contributed by atoms with Crippen LogP contribution in [0.25, 0.3) is 0 Å². The van der Waals surface area contributed by atoms with E-state index in [0.717, 1.165) is 0 Å². The highest BCUT2D eigenvalue weighted by Gasteiger charge is 2.14. The third kappa shape index (κ3) is 7.26. The van der Waals surface area contributed by atoms with Gasteiger partial charge in [0.15, 0.2) is 0 Å². The molecule has 0 bridgehead atoms. The summed E-state index contributed by atoms with van der Waals surface area (Å²) in [5.41, 5.74) is 5.71. The molecule has 0 radical (unpaired) electrons. The van der Waals surface area contributed by atoms with Gasteiger partial charge in [0, 0.05) is 0 Å². The fraction of sp³-hybridized carbons (Fsp3) is 0.462. The van der Waals surface area contributed by atoms with Gasteiger partial charge in [-0.1, -0.05) is 24.4 Å². The second-order valence-corrected chi connectivity index (χ2v) is 6.96. The molecule has 1 rings (SSSR count). The highest BCUT2D eigenvalue weighted by molar-refractivity contribution is 7.92. The van der Waals surface area contributed by atoms with Crippen LogP contribution in [-0.2, 0) is 14.8 Å². The number of sulfonamides is 1. The number of nitrogens with one attached hydrogen (secondary N) is 1. The molecule has 6 nitrogen and oxygen atoms in total. The molecule has 118 valence electrons. The van der Waals surface area contributed by atoms with Gasteiger partial charge in [0.1, 0.15) is 17.3 Å². The van der Waals surface area contributed by atoms with Gasteiger partial charge in [-0.05, 0) is 26.0 Å². The number of ether oxygens (including phenoxy) is 2. The van der Waals surface area contributed by atoms with Crippen molar-refractivity contribution in [1.29, 1.82) is 0 Å². The zero-order valence-corrected chi connectivity index (χ0v) is 13.7. The normalized spacial score (nSPS) is 11.4. The summed E-state index contributed by atoms with van der Waals surface area (Å²) in [5.74, 6) is 0.244. The van der Waals surface area contributed by atoms with E-state index in [9.17, 15) is 8.42 Å². The second-order valence-electron chi connectivity index (χ2n) is 4.59. The topological polar surface area (TPSA) is 90.7 Å². The zero-order valence-electron chi connectivity index (χ0n) is 12.0. The summed E-state index contributed by atoms with van der Waals surface area (Å²) < 4.78 is 37.0. The minimum Gasteiger partial charge on any atom is -0.484 e. The molecule has 0 aliphatic rings. The van der Waals surface area contributed by atoms with Crippen LogP contribution in [0.5, 0.6) is 5.75 Å². The van der Waals surface area contributed by atoms with E-state index in [1.54, 1.807) is 24.3 Å². The number of thiocarbonyl (C=S) groups is 1. The predicted molar refractivity (Wildman–Crippen MR) is 87.2 cm³/mol. The predicted octanol–water partition coefficient (Wildman–Crippen LogP) is 1.52. The van der Waals surface area contributed by atoms with Crippen molar-refractivity contribution >= 4 is 32.9 Å². The Kier molecular flexibility index (Phi) is 6.86. The molecule has 0 saturated carbocycles. The van der Waals surface area contributed by atoms with Crippen molar-refractivity contribution in [1.82, 2.24) is 0 Å². The van der Waals surface area contributed by atoms with Gasteiger partial charge < -0.3 is 15.2 Å². The van der Waals surface area contributed by atoms with E-state index in [4.69, 9.17) is 27.4 Å². The van der Waals surface area contributed by atoms with Crippen molar-refractivity contribution in [3.8, 4) is 5.75 Å². The fourth-order valence-electron chi connectivity index (χ4n) is 1.44. The molecule has 1 aromatic rings. The molecule has 0 atom stereocenters. The van der Waals surface area contributed by atoms with Gasteiger partial charge >= 0.3 is 0 Å². The summed E-state index contributed by atoms with van der Waals surface area (Å²) in [4.78, 5) is 0.193. The van der Waals surface area contributed by atoms with Crippen LogP contribution < -0.4 is 15.2 Å². The van der Waals surface area contributed by atoms with Crippen molar-refractivity contribution in [2.75, 3.05) is 23.7 Å². The number of nitrogens with two attached hydrogens (primary N) is 1. The maximum Gasteiger partial charge on any atom is 0.235 e. The minimum atomic E-state index is -3.51. The van der Waals surface area contributed by atoms with Gasteiger partial charge in [0.05, 0.1) is 24.2 Å². The first-order chi connectivity index (χ1) is 9.80. The second kappa shape index (κ2) is 8.16. The first-order valence-corrected chi connectivity index (χ1v) is 8.48. The Balaban J connectivity index is 2.70. The molecule has 0 aliphatic heterocycles. The Labute approximate surface area is 130 Å². The number of anilines is 1. The molecule has 0 saturated heterocycles. The van der Waals surface area contributed by atoms with Gasteiger partial charge in [-0.15, -0.1) is 0 Å². The highest BCUT2D eigenvalue weighted by atomic mass is 32.2. The Bertz CT molecular complexity index is 573. The number of hydrogen-bond donors (Lipinski definition) is 2. The molecule has 0 amide bonds. The summed E-state index contributed by atoms with van der Waals surface area (Å²) in [6, 6.07) is 6.68. The van der Waals surface area contributed by atoms with Crippen molar-refractivity contribution in [3.63, 3.8) is 0 Å². The Morgan fingerprint density at radius 1 is 1.38 bits per heavy atom.